The molecule has 1 aromatic carbocycles. The molecule has 2 unspecified atom stereocenters. The molecule has 1 aliphatic heterocycles. The Bertz CT molecular complexity index is 383. The summed E-state index contributed by atoms with van der Waals surface area (Å²) in [5.41, 5.74) is 1.12. The van der Waals surface area contributed by atoms with Crippen molar-refractivity contribution >= 4 is 17.5 Å². The zero-order chi connectivity index (χ0) is 13.0. The summed E-state index contributed by atoms with van der Waals surface area (Å²) in [5, 5.41) is 1.27. The van der Waals surface area contributed by atoms with Crippen molar-refractivity contribution in [2.75, 3.05) is 19.6 Å². The summed E-state index contributed by atoms with van der Waals surface area (Å²) in [5.74, 6) is 0.326. The SMILES string of the molecule is CC1CN(CC(=O)Cc2ccccc2)CC(C)S1. The average molecular weight is 263 g/mol. The number of nitrogens with zero attached hydrogens (tertiary/aromatic N) is 1. The largest absolute Gasteiger partial charge is 0.298 e. The van der Waals surface area contributed by atoms with Crippen molar-refractivity contribution in [3.05, 3.63) is 35.9 Å². The molecule has 1 aliphatic rings. The molecule has 2 atom stereocenters. The van der Waals surface area contributed by atoms with E-state index in [9.17, 15) is 4.79 Å². The van der Waals surface area contributed by atoms with Gasteiger partial charge in [0.2, 0.25) is 0 Å². The first kappa shape index (κ1) is 13.6. The van der Waals surface area contributed by atoms with Gasteiger partial charge in [-0.1, -0.05) is 44.2 Å². The molecule has 0 spiro atoms. The van der Waals surface area contributed by atoms with Gasteiger partial charge in [0.05, 0.1) is 6.54 Å². The highest BCUT2D eigenvalue weighted by atomic mass is 32.2. The predicted octanol–water partition coefficient (Wildman–Crippen LogP) is 2.62. The molecule has 0 bridgehead atoms. The lowest BCUT2D eigenvalue weighted by Crippen LogP contribution is -2.43. The summed E-state index contributed by atoms with van der Waals surface area (Å²) in [6.45, 7) is 7.17. The number of Topliss-reactive ketones (excluding diaryl/α,β-unsaturated/α-hetero) is 1. The summed E-state index contributed by atoms with van der Waals surface area (Å²) < 4.78 is 0. The zero-order valence-corrected chi connectivity index (χ0v) is 12.0. The second kappa shape index (κ2) is 6.39. The van der Waals surface area contributed by atoms with Crippen molar-refractivity contribution in [3.8, 4) is 0 Å². The Balaban J connectivity index is 1.84. The molecule has 0 aliphatic carbocycles. The molecule has 3 heteroatoms. The molecule has 0 N–H and O–H groups in total. The number of carbonyl (C=O) groups is 1. The van der Waals surface area contributed by atoms with Crippen molar-refractivity contribution in [1.29, 1.82) is 0 Å². The highest BCUT2D eigenvalue weighted by Crippen LogP contribution is 2.24. The smallest absolute Gasteiger partial charge is 0.151 e. The minimum Gasteiger partial charge on any atom is -0.298 e. The third-order valence-electron chi connectivity index (χ3n) is 3.14. The fraction of sp³-hybridized carbons (Fsp3) is 0.533. The van der Waals surface area contributed by atoms with Crippen LogP contribution in [0.2, 0.25) is 0 Å². The van der Waals surface area contributed by atoms with E-state index < -0.39 is 0 Å². The van der Waals surface area contributed by atoms with Crippen LogP contribution in [0.5, 0.6) is 0 Å². The van der Waals surface area contributed by atoms with Crippen LogP contribution in [0.25, 0.3) is 0 Å². The Morgan fingerprint density at radius 3 is 2.44 bits per heavy atom. The van der Waals surface area contributed by atoms with Crippen molar-refractivity contribution in [1.82, 2.24) is 4.90 Å². The van der Waals surface area contributed by atoms with Crippen LogP contribution in [0.1, 0.15) is 19.4 Å². The van der Waals surface area contributed by atoms with Gasteiger partial charge in [-0.3, -0.25) is 9.69 Å². The molecule has 2 rings (SSSR count). The van der Waals surface area contributed by atoms with Gasteiger partial charge in [0, 0.05) is 30.0 Å². The number of carbonyl (C=O) groups excluding carboxylic acids is 1. The van der Waals surface area contributed by atoms with Crippen molar-refractivity contribution in [3.63, 3.8) is 0 Å². The number of hydrogen-bond donors (Lipinski definition) is 0. The van der Waals surface area contributed by atoms with Gasteiger partial charge in [-0.05, 0) is 5.56 Å². The van der Waals surface area contributed by atoms with Crippen molar-refractivity contribution in [2.45, 2.75) is 30.8 Å². The molecule has 0 saturated carbocycles. The maximum Gasteiger partial charge on any atom is 0.151 e. The van der Waals surface area contributed by atoms with E-state index in [-0.39, 0.29) is 0 Å². The number of thioether (sulfide) groups is 1. The molecule has 0 aromatic heterocycles. The molecule has 0 amide bonds. The first-order chi connectivity index (χ1) is 8.63. The van der Waals surface area contributed by atoms with E-state index >= 15 is 0 Å². The highest BCUT2D eigenvalue weighted by molar-refractivity contribution is 8.00. The van der Waals surface area contributed by atoms with Crippen molar-refractivity contribution < 1.29 is 4.79 Å². The topological polar surface area (TPSA) is 20.3 Å². The van der Waals surface area contributed by atoms with Gasteiger partial charge < -0.3 is 0 Å². The fourth-order valence-corrected chi connectivity index (χ4v) is 3.93. The first-order valence-corrected chi connectivity index (χ1v) is 7.51. The monoisotopic (exact) mass is 263 g/mol. The summed E-state index contributed by atoms with van der Waals surface area (Å²) in [6.07, 6.45) is 0.563. The van der Waals surface area contributed by atoms with E-state index in [2.05, 4.69) is 18.7 Å². The van der Waals surface area contributed by atoms with E-state index in [0.717, 1.165) is 18.7 Å². The predicted molar refractivity (Wildman–Crippen MR) is 78.1 cm³/mol. The molecule has 1 fully saturated rings. The third-order valence-corrected chi connectivity index (χ3v) is 4.37. The summed E-state index contributed by atoms with van der Waals surface area (Å²) in [6, 6.07) is 10.0. The van der Waals surface area contributed by atoms with Gasteiger partial charge in [0.25, 0.3) is 0 Å². The molecule has 1 heterocycles. The standard InChI is InChI=1S/C15H21NOS/c1-12-9-16(10-13(2)18-12)11-15(17)8-14-6-4-3-5-7-14/h3-7,12-13H,8-11H2,1-2H3. The van der Waals surface area contributed by atoms with E-state index in [1.54, 1.807) is 0 Å². The molecular weight excluding hydrogens is 242 g/mol. The van der Waals surface area contributed by atoms with Gasteiger partial charge in [-0.2, -0.15) is 11.8 Å². The van der Waals surface area contributed by atoms with Gasteiger partial charge in [0.1, 0.15) is 0 Å². The number of benzene rings is 1. The quantitative estimate of drug-likeness (QED) is 0.833. The molecule has 98 valence electrons. The van der Waals surface area contributed by atoms with E-state index in [4.69, 9.17) is 0 Å². The van der Waals surface area contributed by atoms with Crippen LogP contribution in [0.3, 0.4) is 0 Å². The lowest BCUT2D eigenvalue weighted by molar-refractivity contribution is -0.119. The number of rotatable bonds is 4. The maximum atomic E-state index is 12.0. The van der Waals surface area contributed by atoms with Gasteiger partial charge in [-0.15, -0.1) is 0 Å². The number of hydrogen-bond acceptors (Lipinski definition) is 3. The Labute approximate surface area is 114 Å². The van der Waals surface area contributed by atoms with Crippen LogP contribution < -0.4 is 0 Å². The highest BCUT2D eigenvalue weighted by Gasteiger charge is 2.23. The lowest BCUT2D eigenvalue weighted by Gasteiger charge is -2.34. The van der Waals surface area contributed by atoms with Crippen LogP contribution in [-0.2, 0) is 11.2 Å². The Morgan fingerprint density at radius 1 is 1.22 bits per heavy atom. The van der Waals surface area contributed by atoms with Gasteiger partial charge in [-0.25, -0.2) is 0 Å². The fourth-order valence-electron chi connectivity index (χ4n) is 2.54. The molecule has 2 nitrogen and oxygen atoms in total. The normalized spacial score (nSPS) is 25.0. The molecule has 0 radical (unpaired) electrons. The van der Waals surface area contributed by atoms with Crippen LogP contribution in [-0.4, -0.2) is 40.8 Å². The van der Waals surface area contributed by atoms with Crippen LogP contribution in [0.4, 0.5) is 0 Å². The molecule has 1 aromatic rings. The van der Waals surface area contributed by atoms with Crippen molar-refractivity contribution in [2.24, 2.45) is 0 Å². The minimum absolute atomic E-state index is 0.326. The zero-order valence-electron chi connectivity index (χ0n) is 11.1. The van der Waals surface area contributed by atoms with Gasteiger partial charge >= 0.3 is 0 Å². The summed E-state index contributed by atoms with van der Waals surface area (Å²) in [7, 11) is 0. The van der Waals surface area contributed by atoms with E-state index in [0.29, 0.717) is 29.2 Å². The van der Waals surface area contributed by atoms with E-state index in [1.807, 2.05) is 42.1 Å². The van der Waals surface area contributed by atoms with Crippen LogP contribution in [0.15, 0.2) is 30.3 Å². The van der Waals surface area contributed by atoms with E-state index in [1.165, 1.54) is 0 Å². The Hall–Kier alpha value is -0.800. The Morgan fingerprint density at radius 2 is 1.83 bits per heavy atom. The summed E-state index contributed by atoms with van der Waals surface area (Å²) in [4.78, 5) is 14.3. The lowest BCUT2D eigenvalue weighted by atomic mass is 10.1. The average Bonchev–Trinajstić information content (AvgIpc) is 2.28. The molecule has 1 saturated heterocycles. The second-order valence-corrected chi connectivity index (χ2v) is 7.03. The first-order valence-electron chi connectivity index (χ1n) is 6.57. The third kappa shape index (κ3) is 4.14. The van der Waals surface area contributed by atoms with Crippen LogP contribution in [0, 0.1) is 0 Å². The molecule has 18 heavy (non-hydrogen) atoms. The summed E-state index contributed by atoms with van der Waals surface area (Å²) >= 11 is 2.02. The second-order valence-electron chi connectivity index (χ2n) is 5.15. The van der Waals surface area contributed by atoms with Crippen LogP contribution >= 0.6 is 11.8 Å². The Kier molecular flexibility index (Phi) is 4.84. The maximum absolute atomic E-state index is 12.0. The van der Waals surface area contributed by atoms with Gasteiger partial charge in [0.15, 0.2) is 5.78 Å². The molecular formula is C15H21NOS. The minimum atomic E-state index is 0.326. The number of ketones is 1.